The maximum atomic E-state index is 11.7. The number of benzene rings is 2. The molecule has 0 saturated heterocycles. The summed E-state index contributed by atoms with van der Waals surface area (Å²) in [6, 6.07) is 17.1. The minimum absolute atomic E-state index is 0.0906. The highest BCUT2D eigenvalue weighted by Gasteiger charge is 2.14. The molecule has 0 aliphatic rings. The topological polar surface area (TPSA) is 71.1 Å². The van der Waals surface area contributed by atoms with Crippen molar-refractivity contribution in [1.29, 1.82) is 0 Å². The predicted molar refractivity (Wildman–Crippen MR) is 89.4 cm³/mol. The van der Waals surface area contributed by atoms with Crippen LogP contribution in [-0.4, -0.2) is 25.2 Å². The molecule has 0 saturated carbocycles. The molecule has 6 heteroatoms. The molecule has 0 radical (unpaired) electrons. The predicted octanol–water partition coefficient (Wildman–Crippen LogP) is 3.59. The van der Waals surface area contributed by atoms with E-state index in [4.69, 9.17) is 19.6 Å². The molecule has 2 aromatic rings. The van der Waals surface area contributed by atoms with Gasteiger partial charge in [-0.05, 0) is 30.7 Å². The highest BCUT2D eigenvalue weighted by Crippen LogP contribution is 2.08. The van der Waals surface area contributed by atoms with Gasteiger partial charge in [0.1, 0.15) is 0 Å². The summed E-state index contributed by atoms with van der Waals surface area (Å²) in [5, 5.41) is 0. The fourth-order valence-electron chi connectivity index (χ4n) is 1.90. The molecule has 0 aromatic heterocycles. The van der Waals surface area contributed by atoms with Gasteiger partial charge < -0.3 is 0 Å². The number of carbonyl (C=O) groups is 2. The first-order valence-electron chi connectivity index (χ1n) is 7.98. The van der Waals surface area contributed by atoms with Crippen LogP contribution in [-0.2, 0) is 19.6 Å². The smallest absolute Gasteiger partial charge is 0.293 e. The molecular weight excluding hydrogens is 324 g/mol. The molecule has 0 bridgehead atoms. The zero-order valence-corrected chi connectivity index (χ0v) is 13.9. The summed E-state index contributed by atoms with van der Waals surface area (Å²) < 4.78 is 0. The SMILES string of the molecule is CCC(COOC(=O)c1ccccc1)COOC(=O)c1ccccc1. The molecule has 0 N–H and O–H groups in total. The van der Waals surface area contributed by atoms with Crippen molar-refractivity contribution in [2.75, 3.05) is 13.2 Å². The molecule has 6 nitrogen and oxygen atoms in total. The first-order valence-corrected chi connectivity index (χ1v) is 7.98. The van der Waals surface area contributed by atoms with Gasteiger partial charge in [0.2, 0.25) is 0 Å². The van der Waals surface area contributed by atoms with Crippen molar-refractivity contribution in [1.82, 2.24) is 0 Å². The first-order chi connectivity index (χ1) is 12.2. The van der Waals surface area contributed by atoms with Crippen molar-refractivity contribution in [2.24, 2.45) is 5.92 Å². The number of rotatable bonds is 9. The van der Waals surface area contributed by atoms with E-state index in [1.165, 1.54) is 0 Å². The van der Waals surface area contributed by atoms with E-state index in [2.05, 4.69) is 0 Å². The maximum absolute atomic E-state index is 11.7. The highest BCUT2D eigenvalue weighted by molar-refractivity contribution is 5.89. The third kappa shape index (κ3) is 6.37. The van der Waals surface area contributed by atoms with E-state index in [0.717, 1.165) is 0 Å². The van der Waals surface area contributed by atoms with Crippen molar-refractivity contribution in [3.8, 4) is 0 Å². The van der Waals surface area contributed by atoms with Crippen molar-refractivity contribution in [2.45, 2.75) is 13.3 Å². The van der Waals surface area contributed by atoms with Gasteiger partial charge in [-0.3, -0.25) is 9.78 Å². The number of hydrogen-bond acceptors (Lipinski definition) is 6. The normalized spacial score (nSPS) is 10.5. The van der Waals surface area contributed by atoms with Crippen LogP contribution in [0.2, 0.25) is 0 Å². The molecular formula is C19H20O6. The minimum Gasteiger partial charge on any atom is -0.293 e. The lowest BCUT2D eigenvalue weighted by atomic mass is 10.1. The van der Waals surface area contributed by atoms with Gasteiger partial charge in [-0.2, -0.15) is 9.78 Å². The summed E-state index contributed by atoms with van der Waals surface area (Å²) in [5.41, 5.74) is 0.812. The Hall–Kier alpha value is -2.70. The molecule has 0 atom stereocenters. The van der Waals surface area contributed by atoms with E-state index in [-0.39, 0.29) is 19.1 Å². The number of hydrogen-bond donors (Lipinski definition) is 0. The summed E-state index contributed by atoms with van der Waals surface area (Å²) in [5.74, 6) is -1.22. The zero-order valence-electron chi connectivity index (χ0n) is 13.9. The van der Waals surface area contributed by atoms with Gasteiger partial charge in [0, 0.05) is 5.92 Å². The molecule has 132 valence electrons. The molecule has 25 heavy (non-hydrogen) atoms. The van der Waals surface area contributed by atoms with Crippen LogP contribution in [0.5, 0.6) is 0 Å². The van der Waals surface area contributed by atoms with Crippen molar-refractivity contribution in [3.05, 3.63) is 71.8 Å². The maximum Gasteiger partial charge on any atom is 0.373 e. The van der Waals surface area contributed by atoms with Crippen molar-refractivity contribution >= 4 is 11.9 Å². The van der Waals surface area contributed by atoms with E-state index in [0.29, 0.717) is 17.5 Å². The largest absolute Gasteiger partial charge is 0.373 e. The van der Waals surface area contributed by atoms with Crippen LogP contribution in [0.1, 0.15) is 34.1 Å². The third-order valence-electron chi connectivity index (χ3n) is 3.47. The highest BCUT2D eigenvalue weighted by atomic mass is 17.2. The second-order valence-electron chi connectivity index (χ2n) is 5.32. The van der Waals surface area contributed by atoms with Crippen LogP contribution in [0.25, 0.3) is 0 Å². The van der Waals surface area contributed by atoms with Crippen molar-refractivity contribution in [3.63, 3.8) is 0 Å². The quantitative estimate of drug-likeness (QED) is 0.511. The Kier molecular flexibility index (Phi) is 7.62. The summed E-state index contributed by atoms with van der Waals surface area (Å²) in [6.07, 6.45) is 0.700. The third-order valence-corrected chi connectivity index (χ3v) is 3.47. The molecule has 2 aromatic carbocycles. The average Bonchev–Trinajstić information content (AvgIpc) is 2.67. The standard InChI is InChI=1S/C19H20O6/c1-2-15(13-22-24-18(20)16-9-5-3-6-10-16)14-23-25-19(21)17-11-7-4-8-12-17/h3-12,15H,2,13-14H2,1H3. The van der Waals surface area contributed by atoms with Crippen molar-refractivity contribution < 1.29 is 29.1 Å². The Bertz CT molecular complexity index is 599. The lowest BCUT2D eigenvalue weighted by molar-refractivity contribution is -0.277. The molecule has 2 rings (SSSR count). The molecule has 0 spiro atoms. The molecule has 0 unspecified atom stereocenters. The summed E-state index contributed by atoms with van der Waals surface area (Å²) >= 11 is 0. The minimum atomic E-state index is -0.563. The monoisotopic (exact) mass is 344 g/mol. The van der Waals surface area contributed by atoms with Crippen LogP contribution < -0.4 is 0 Å². The Morgan fingerprint density at radius 3 is 1.52 bits per heavy atom. The lowest BCUT2D eigenvalue weighted by Gasteiger charge is -2.13. The van der Waals surface area contributed by atoms with Gasteiger partial charge >= 0.3 is 11.9 Å². The second kappa shape index (κ2) is 10.2. The number of carbonyl (C=O) groups excluding carboxylic acids is 2. The van der Waals surface area contributed by atoms with Crippen LogP contribution in [0.3, 0.4) is 0 Å². The molecule has 0 heterocycles. The van der Waals surface area contributed by atoms with Crippen LogP contribution in [0.4, 0.5) is 0 Å². The van der Waals surface area contributed by atoms with Crippen LogP contribution >= 0.6 is 0 Å². The molecule has 0 amide bonds. The summed E-state index contributed by atoms with van der Waals surface area (Å²) in [7, 11) is 0. The summed E-state index contributed by atoms with van der Waals surface area (Å²) in [4.78, 5) is 42.9. The van der Waals surface area contributed by atoms with Gasteiger partial charge in [-0.25, -0.2) is 9.59 Å². The Morgan fingerprint density at radius 1 is 0.760 bits per heavy atom. The molecule has 0 aliphatic heterocycles. The zero-order chi connectivity index (χ0) is 17.9. The van der Waals surface area contributed by atoms with Gasteiger partial charge in [-0.1, -0.05) is 43.3 Å². The van der Waals surface area contributed by atoms with Crippen LogP contribution in [0.15, 0.2) is 60.7 Å². The van der Waals surface area contributed by atoms with E-state index in [1.807, 2.05) is 6.92 Å². The Balaban J connectivity index is 1.66. The van der Waals surface area contributed by atoms with Gasteiger partial charge in [0.05, 0.1) is 24.3 Å². The molecule has 0 aliphatic carbocycles. The first kappa shape index (κ1) is 18.6. The fourth-order valence-corrected chi connectivity index (χ4v) is 1.90. The van der Waals surface area contributed by atoms with Gasteiger partial charge in [-0.15, -0.1) is 0 Å². The van der Waals surface area contributed by atoms with E-state index in [9.17, 15) is 9.59 Å². The van der Waals surface area contributed by atoms with Crippen LogP contribution in [0, 0.1) is 5.92 Å². The fraction of sp³-hybridized carbons (Fsp3) is 0.263. The van der Waals surface area contributed by atoms with E-state index in [1.54, 1.807) is 60.7 Å². The van der Waals surface area contributed by atoms with E-state index < -0.39 is 11.9 Å². The lowest BCUT2D eigenvalue weighted by Crippen LogP contribution is -2.19. The van der Waals surface area contributed by atoms with Gasteiger partial charge in [0.15, 0.2) is 0 Å². The molecule has 0 fully saturated rings. The second-order valence-corrected chi connectivity index (χ2v) is 5.32. The average molecular weight is 344 g/mol. The Morgan fingerprint density at radius 2 is 1.16 bits per heavy atom. The van der Waals surface area contributed by atoms with Gasteiger partial charge in [0.25, 0.3) is 0 Å². The summed E-state index contributed by atoms with van der Waals surface area (Å²) in [6.45, 7) is 2.20. The van der Waals surface area contributed by atoms with E-state index >= 15 is 0 Å². The Labute approximate surface area is 146 Å².